The quantitative estimate of drug-likeness (QED) is 0.708. The molecular formula is C8H19NO3S. The van der Waals surface area contributed by atoms with Gasteiger partial charge in [0.05, 0.1) is 12.9 Å². The summed E-state index contributed by atoms with van der Waals surface area (Å²) in [5.74, 6) is 0.376. The van der Waals surface area contributed by atoms with E-state index in [1.807, 2.05) is 13.8 Å². The fraction of sp³-hybridized carbons (Fsp3) is 1.00. The van der Waals surface area contributed by atoms with Crippen LogP contribution in [0, 0.1) is 5.92 Å². The second-order valence-electron chi connectivity index (χ2n) is 3.75. The molecule has 5 heteroatoms. The molecule has 0 aliphatic carbocycles. The van der Waals surface area contributed by atoms with E-state index in [0.717, 1.165) is 6.26 Å². The van der Waals surface area contributed by atoms with Crippen molar-refractivity contribution in [1.29, 1.82) is 0 Å². The molecule has 0 aromatic carbocycles. The normalized spacial score (nSPS) is 15.3. The number of aliphatic hydroxyl groups excluding tert-OH is 1. The number of rotatable bonds is 5. The average molecular weight is 209 g/mol. The van der Waals surface area contributed by atoms with Crippen molar-refractivity contribution < 1.29 is 13.5 Å². The van der Waals surface area contributed by atoms with Crippen molar-refractivity contribution in [3.8, 4) is 0 Å². The smallest absolute Gasteiger partial charge is 0.211 e. The Balaban J connectivity index is 4.41. The Morgan fingerprint density at radius 1 is 1.38 bits per heavy atom. The van der Waals surface area contributed by atoms with Crippen LogP contribution in [-0.2, 0) is 10.0 Å². The zero-order valence-electron chi connectivity index (χ0n) is 8.69. The van der Waals surface area contributed by atoms with Crippen molar-refractivity contribution in [3.05, 3.63) is 0 Å². The Morgan fingerprint density at radius 3 is 2.08 bits per heavy atom. The van der Waals surface area contributed by atoms with Crippen LogP contribution in [0.5, 0.6) is 0 Å². The molecule has 1 N–H and O–H groups in total. The van der Waals surface area contributed by atoms with Gasteiger partial charge in [-0.3, -0.25) is 0 Å². The lowest BCUT2D eigenvalue weighted by Gasteiger charge is -2.25. The highest BCUT2D eigenvalue weighted by Gasteiger charge is 2.22. The van der Waals surface area contributed by atoms with Crippen molar-refractivity contribution >= 4 is 10.0 Å². The van der Waals surface area contributed by atoms with Crippen molar-refractivity contribution in [2.24, 2.45) is 5.92 Å². The minimum absolute atomic E-state index is 0.123. The van der Waals surface area contributed by atoms with Crippen LogP contribution in [0.4, 0.5) is 0 Å². The van der Waals surface area contributed by atoms with Crippen LogP contribution in [0.1, 0.15) is 20.3 Å². The number of nitrogens with zero attached hydrogens (tertiary/aromatic N) is 1. The monoisotopic (exact) mass is 209 g/mol. The molecule has 0 amide bonds. The highest BCUT2D eigenvalue weighted by atomic mass is 32.2. The van der Waals surface area contributed by atoms with E-state index in [2.05, 4.69) is 0 Å². The molecule has 0 aliphatic heterocycles. The zero-order chi connectivity index (χ0) is 10.6. The van der Waals surface area contributed by atoms with Crippen molar-refractivity contribution in [3.63, 3.8) is 0 Å². The van der Waals surface area contributed by atoms with Gasteiger partial charge in [-0.1, -0.05) is 13.8 Å². The molecule has 0 aromatic rings. The second-order valence-corrected chi connectivity index (χ2v) is 5.79. The van der Waals surface area contributed by atoms with Crippen LogP contribution >= 0.6 is 0 Å². The Labute approximate surface area is 80.6 Å². The molecule has 80 valence electrons. The molecule has 0 unspecified atom stereocenters. The molecule has 1 atom stereocenters. The Hall–Kier alpha value is -0.130. The Morgan fingerprint density at radius 2 is 1.85 bits per heavy atom. The van der Waals surface area contributed by atoms with Gasteiger partial charge in [0.1, 0.15) is 0 Å². The third kappa shape index (κ3) is 4.59. The maximum absolute atomic E-state index is 11.1. The molecule has 0 radical (unpaired) electrons. The molecule has 0 spiro atoms. The summed E-state index contributed by atoms with van der Waals surface area (Å²) in [4.78, 5) is 0. The SMILES string of the molecule is CC(C)C[C@@H](CO)N(C)S(C)(=O)=O. The summed E-state index contributed by atoms with van der Waals surface area (Å²) in [5.41, 5.74) is 0. The first-order valence-corrected chi connectivity index (χ1v) is 6.17. The first-order chi connectivity index (χ1) is 5.79. The average Bonchev–Trinajstić information content (AvgIpc) is 1.96. The summed E-state index contributed by atoms with van der Waals surface area (Å²) in [5, 5.41) is 9.00. The minimum atomic E-state index is -3.19. The van der Waals surface area contributed by atoms with E-state index >= 15 is 0 Å². The summed E-state index contributed by atoms with van der Waals surface area (Å²) in [6.45, 7) is 3.87. The molecule has 0 rings (SSSR count). The number of hydrogen-bond acceptors (Lipinski definition) is 3. The molecule has 0 saturated heterocycles. The fourth-order valence-corrected chi connectivity index (χ4v) is 1.85. The summed E-state index contributed by atoms with van der Waals surface area (Å²) in [6.07, 6.45) is 1.83. The number of likely N-dealkylation sites (N-methyl/N-ethyl adjacent to an activating group) is 1. The van der Waals surface area contributed by atoms with Crippen molar-refractivity contribution in [2.45, 2.75) is 26.3 Å². The van der Waals surface area contributed by atoms with Gasteiger partial charge in [-0.2, -0.15) is 4.31 Å². The summed E-state index contributed by atoms with van der Waals surface area (Å²) >= 11 is 0. The third-order valence-corrected chi connectivity index (χ3v) is 3.34. The molecule has 4 nitrogen and oxygen atoms in total. The van der Waals surface area contributed by atoms with Crippen LogP contribution in [0.15, 0.2) is 0 Å². The van der Waals surface area contributed by atoms with Gasteiger partial charge in [-0.15, -0.1) is 0 Å². The fourth-order valence-electron chi connectivity index (χ4n) is 1.15. The number of sulfonamides is 1. The van der Waals surface area contributed by atoms with Gasteiger partial charge >= 0.3 is 0 Å². The predicted molar refractivity (Wildman–Crippen MR) is 52.9 cm³/mol. The number of aliphatic hydroxyl groups is 1. The molecule has 0 aromatic heterocycles. The third-order valence-electron chi connectivity index (χ3n) is 1.99. The van der Waals surface area contributed by atoms with Crippen LogP contribution in [0.25, 0.3) is 0 Å². The van der Waals surface area contributed by atoms with Gasteiger partial charge < -0.3 is 5.11 Å². The van der Waals surface area contributed by atoms with E-state index in [0.29, 0.717) is 12.3 Å². The topological polar surface area (TPSA) is 57.6 Å². The summed E-state index contributed by atoms with van der Waals surface area (Å²) in [6, 6.07) is -0.296. The summed E-state index contributed by atoms with van der Waals surface area (Å²) in [7, 11) is -1.69. The molecule has 0 saturated carbocycles. The van der Waals surface area contributed by atoms with Gasteiger partial charge in [0, 0.05) is 13.1 Å². The number of hydrogen-bond donors (Lipinski definition) is 1. The molecule has 0 heterocycles. The molecule has 13 heavy (non-hydrogen) atoms. The summed E-state index contributed by atoms with van der Waals surface area (Å²) < 4.78 is 23.5. The second kappa shape index (κ2) is 4.93. The van der Waals surface area contributed by atoms with Crippen LogP contribution in [0.3, 0.4) is 0 Å². The molecule has 0 aliphatic rings. The lowest BCUT2D eigenvalue weighted by atomic mass is 10.1. The Kier molecular flexibility index (Phi) is 4.88. The lowest BCUT2D eigenvalue weighted by Crippen LogP contribution is -2.39. The minimum Gasteiger partial charge on any atom is -0.395 e. The van der Waals surface area contributed by atoms with Crippen molar-refractivity contribution in [2.75, 3.05) is 19.9 Å². The van der Waals surface area contributed by atoms with Crippen LogP contribution < -0.4 is 0 Å². The van der Waals surface area contributed by atoms with Crippen LogP contribution in [0.2, 0.25) is 0 Å². The van der Waals surface area contributed by atoms with E-state index in [4.69, 9.17) is 5.11 Å². The highest BCUT2D eigenvalue weighted by Crippen LogP contribution is 2.11. The van der Waals surface area contributed by atoms with Crippen molar-refractivity contribution in [1.82, 2.24) is 4.31 Å². The first-order valence-electron chi connectivity index (χ1n) is 4.33. The van der Waals surface area contributed by atoms with E-state index in [1.54, 1.807) is 0 Å². The van der Waals surface area contributed by atoms with Gasteiger partial charge in [0.15, 0.2) is 0 Å². The highest BCUT2D eigenvalue weighted by molar-refractivity contribution is 7.88. The van der Waals surface area contributed by atoms with E-state index < -0.39 is 10.0 Å². The molecule has 0 fully saturated rings. The maximum Gasteiger partial charge on any atom is 0.211 e. The Bertz CT molecular complexity index is 236. The van der Waals surface area contributed by atoms with Gasteiger partial charge in [0.2, 0.25) is 10.0 Å². The first kappa shape index (κ1) is 12.9. The largest absolute Gasteiger partial charge is 0.395 e. The standard InChI is InChI=1S/C8H19NO3S/c1-7(2)5-8(6-10)9(3)13(4,11)12/h7-8,10H,5-6H2,1-4H3/t8-/m0/s1. The van der Waals surface area contributed by atoms with Gasteiger partial charge in [-0.25, -0.2) is 8.42 Å². The lowest BCUT2D eigenvalue weighted by molar-refractivity contribution is 0.183. The van der Waals surface area contributed by atoms with E-state index in [1.165, 1.54) is 11.4 Å². The van der Waals surface area contributed by atoms with Gasteiger partial charge in [0.25, 0.3) is 0 Å². The maximum atomic E-state index is 11.1. The van der Waals surface area contributed by atoms with E-state index in [9.17, 15) is 8.42 Å². The molecule has 0 bridgehead atoms. The zero-order valence-corrected chi connectivity index (χ0v) is 9.50. The van der Waals surface area contributed by atoms with Gasteiger partial charge in [-0.05, 0) is 12.3 Å². The van der Waals surface area contributed by atoms with Crippen LogP contribution in [-0.4, -0.2) is 43.8 Å². The predicted octanol–water partition coefficient (Wildman–Crippen LogP) is 0.285. The molecular weight excluding hydrogens is 190 g/mol. The van der Waals surface area contributed by atoms with E-state index in [-0.39, 0.29) is 12.6 Å².